The molecule has 108 valence electrons. The second kappa shape index (κ2) is 5.80. The second-order valence-corrected chi connectivity index (χ2v) is 7.17. The Balaban J connectivity index is 1.87. The Morgan fingerprint density at radius 2 is 1.86 bits per heavy atom. The van der Waals surface area contributed by atoms with E-state index in [4.69, 9.17) is 16.6 Å². The maximum atomic E-state index is 5.98. The van der Waals surface area contributed by atoms with Gasteiger partial charge in [-0.05, 0) is 47.8 Å². The third kappa shape index (κ3) is 2.54. The van der Waals surface area contributed by atoms with Crippen molar-refractivity contribution in [3.63, 3.8) is 0 Å². The highest BCUT2D eigenvalue weighted by molar-refractivity contribution is 7.99. The number of rotatable bonds is 3. The average molecular weight is 343 g/mol. The summed E-state index contributed by atoms with van der Waals surface area (Å²) in [6, 6.07) is 18.1. The number of imidazole rings is 1. The van der Waals surface area contributed by atoms with Crippen molar-refractivity contribution in [2.45, 2.75) is 9.92 Å². The molecule has 0 aliphatic rings. The lowest BCUT2D eigenvalue weighted by Gasteiger charge is -2.04. The van der Waals surface area contributed by atoms with Gasteiger partial charge in [-0.25, -0.2) is 4.98 Å². The Hall–Kier alpha value is -1.75. The van der Waals surface area contributed by atoms with E-state index in [-0.39, 0.29) is 0 Å². The van der Waals surface area contributed by atoms with Crippen LogP contribution in [0, 0.1) is 0 Å². The van der Waals surface area contributed by atoms with Crippen molar-refractivity contribution in [1.82, 2.24) is 9.38 Å². The van der Waals surface area contributed by atoms with Gasteiger partial charge in [0.1, 0.15) is 16.4 Å². The van der Waals surface area contributed by atoms with Crippen molar-refractivity contribution in [2.24, 2.45) is 0 Å². The number of pyridine rings is 1. The Morgan fingerprint density at radius 3 is 2.64 bits per heavy atom. The molecule has 0 spiro atoms. The Labute approximate surface area is 141 Å². The fraction of sp³-hybridized carbons (Fsp3) is 0. The van der Waals surface area contributed by atoms with Crippen LogP contribution in [0.2, 0.25) is 5.02 Å². The molecule has 0 atom stereocenters. The summed E-state index contributed by atoms with van der Waals surface area (Å²) in [4.78, 5) is 7.12. The molecule has 0 amide bonds. The topological polar surface area (TPSA) is 17.3 Å². The van der Waals surface area contributed by atoms with Gasteiger partial charge < -0.3 is 0 Å². The van der Waals surface area contributed by atoms with Crippen molar-refractivity contribution >= 4 is 40.3 Å². The molecule has 0 saturated heterocycles. The first-order chi connectivity index (χ1) is 10.8. The molecule has 0 saturated carbocycles. The van der Waals surface area contributed by atoms with Crippen LogP contribution in [0.4, 0.5) is 0 Å². The minimum Gasteiger partial charge on any atom is -0.294 e. The lowest BCUT2D eigenvalue weighted by molar-refractivity contribution is 1.05. The summed E-state index contributed by atoms with van der Waals surface area (Å²) in [7, 11) is 0. The van der Waals surface area contributed by atoms with Crippen molar-refractivity contribution in [3.05, 3.63) is 71.2 Å². The predicted molar refractivity (Wildman–Crippen MR) is 94.1 cm³/mol. The number of nitrogens with zero attached hydrogens (tertiary/aromatic N) is 2. The van der Waals surface area contributed by atoms with E-state index in [1.54, 1.807) is 23.1 Å². The third-order valence-corrected chi connectivity index (χ3v) is 5.49. The molecular weight excluding hydrogens is 332 g/mol. The average Bonchev–Trinajstić information content (AvgIpc) is 3.18. The highest BCUT2D eigenvalue weighted by Crippen LogP contribution is 2.38. The second-order valence-electron chi connectivity index (χ2n) is 4.73. The molecule has 0 bridgehead atoms. The summed E-state index contributed by atoms with van der Waals surface area (Å²) < 4.78 is 2.13. The molecule has 3 aromatic heterocycles. The van der Waals surface area contributed by atoms with Crippen molar-refractivity contribution in [3.8, 4) is 10.6 Å². The first kappa shape index (κ1) is 13.9. The minimum absolute atomic E-state index is 0.751. The van der Waals surface area contributed by atoms with Gasteiger partial charge in [-0.2, -0.15) is 0 Å². The van der Waals surface area contributed by atoms with Gasteiger partial charge in [0.2, 0.25) is 0 Å². The van der Waals surface area contributed by atoms with E-state index in [1.807, 2.05) is 42.5 Å². The van der Waals surface area contributed by atoms with E-state index in [0.717, 1.165) is 26.3 Å². The molecule has 4 aromatic rings. The number of hydrogen-bond acceptors (Lipinski definition) is 3. The van der Waals surface area contributed by atoms with Crippen molar-refractivity contribution < 1.29 is 0 Å². The molecule has 4 rings (SSSR count). The zero-order valence-electron chi connectivity index (χ0n) is 11.4. The van der Waals surface area contributed by atoms with Crippen LogP contribution in [0.1, 0.15) is 0 Å². The molecule has 1 aromatic carbocycles. The molecule has 2 nitrogen and oxygen atoms in total. The molecular formula is C17H11ClN2S2. The summed E-state index contributed by atoms with van der Waals surface area (Å²) in [5.74, 6) is 0. The van der Waals surface area contributed by atoms with Crippen LogP contribution in [0.15, 0.2) is 76.1 Å². The Morgan fingerprint density at radius 1 is 1.00 bits per heavy atom. The standard InChI is InChI=1S/C17H11ClN2S2/c18-12-6-8-13(9-7-12)22-17-16(14-4-3-11-21-14)19-15-5-1-2-10-20(15)17/h1-11H. The van der Waals surface area contributed by atoms with E-state index < -0.39 is 0 Å². The molecule has 0 fully saturated rings. The highest BCUT2D eigenvalue weighted by Gasteiger charge is 2.15. The number of halogens is 1. The lowest BCUT2D eigenvalue weighted by atomic mass is 10.4. The van der Waals surface area contributed by atoms with Gasteiger partial charge in [0.05, 0.1) is 4.88 Å². The number of hydrogen-bond donors (Lipinski definition) is 0. The van der Waals surface area contributed by atoms with Gasteiger partial charge in [-0.15, -0.1) is 11.3 Å². The van der Waals surface area contributed by atoms with Crippen LogP contribution in [0.3, 0.4) is 0 Å². The highest BCUT2D eigenvalue weighted by atomic mass is 35.5. The summed E-state index contributed by atoms with van der Waals surface area (Å²) in [6.45, 7) is 0. The lowest BCUT2D eigenvalue weighted by Crippen LogP contribution is -1.85. The predicted octanol–water partition coefficient (Wildman–Crippen LogP) is 5.87. The first-order valence-electron chi connectivity index (χ1n) is 6.76. The van der Waals surface area contributed by atoms with Crippen LogP contribution in [-0.2, 0) is 0 Å². The number of fused-ring (bicyclic) bond motifs is 1. The molecule has 0 aliphatic carbocycles. The van der Waals surface area contributed by atoms with Crippen LogP contribution in [-0.4, -0.2) is 9.38 Å². The van der Waals surface area contributed by atoms with Crippen LogP contribution in [0.25, 0.3) is 16.2 Å². The van der Waals surface area contributed by atoms with Gasteiger partial charge in [-0.3, -0.25) is 4.40 Å². The van der Waals surface area contributed by atoms with Crippen LogP contribution >= 0.6 is 34.7 Å². The molecule has 5 heteroatoms. The van der Waals surface area contributed by atoms with Gasteiger partial charge in [0.15, 0.2) is 0 Å². The van der Waals surface area contributed by atoms with Gasteiger partial charge >= 0.3 is 0 Å². The smallest absolute Gasteiger partial charge is 0.138 e. The van der Waals surface area contributed by atoms with Gasteiger partial charge in [0, 0.05) is 16.1 Å². The zero-order valence-corrected chi connectivity index (χ0v) is 13.8. The first-order valence-corrected chi connectivity index (χ1v) is 8.83. The third-order valence-electron chi connectivity index (χ3n) is 3.27. The van der Waals surface area contributed by atoms with E-state index in [1.165, 1.54) is 4.88 Å². The fourth-order valence-corrected chi connectivity index (χ4v) is 4.16. The minimum atomic E-state index is 0.751. The molecule has 3 heterocycles. The number of benzene rings is 1. The maximum absolute atomic E-state index is 5.98. The summed E-state index contributed by atoms with van der Waals surface area (Å²) in [5, 5.41) is 3.96. The SMILES string of the molecule is Clc1ccc(Sc2c(-c3cccs3)nc3ccccn23)cc1. The molecule has 0 unspecified atom stereocenters. The number of thiophene rings is 1. The summed E-state index contributed by atoms with van der Waals surface area (Å²) in [5.41, 5.74) is 1.99. The molecule has 22 heavy (non-hydrogen) atoms. The van der Waals surface area contributed by atoms with Gasteiger partial charge in [-0.1, -0.05) is 35.5 Å². The van der Waals surface area contributed by atoms with E-state index >= 15 is 0 Å². The van der Waals surface area contributed by atoms with Crippen molar-refractivity contribution in [2.75, 3.05) is 0 Å². The Kier molecular flexibility index (Phi) is 3.66. The Bertz CT molecular complexity index is 912. The molecule has 0 aliphatic heterocycles. The molecule has 0 radical (unpaired) electrons. The van der Waals surface area contributed by atoms with E-state index in [2.05, 4.69) is 28.1 Å². The molecule has 0 N–H and O–H groups in total. The van der Waals surface area contributed by atoms with Gasteiger partial charge in [0.25, 0.3) is 0 Å². The largest absolute Gasteiger partial charge is 0.294 e. The summed E-state index contributed by atoms with van der Waals surface area (Å²) >= 11 is 9.39. The normalized spacial score (nSPS) is 11.1. The maximum Gasteiger partial charge on any atom is 0.138 e. The van der Waals surface area contributed by atoms with Crippen molar-refractivity contribution in [1.29, 1.82) is 0 Å². The monoisotopic (exact) mass is 342 g/mol. The van der Waals surface area contributed by atoms with Crippen LogP contribution < -0.4 is 0 Å². The van der Waals surface area contributed by atoms with Crippen LogP contribution in [0.5, 0.6) is 0 Å². The quantitative estimate of drug-likeness (QED) is 0.463. The summed E-state index contributed by atoms with van der Waals surface area (Å²) in [6.07, 6.45) is 2.05. The van der Waals surface area contributed by atoms with E-state index in [0.29, 0.717) is 0 Å². The fourth-order valence-electron chi connectivity index (χ4n) is 2.26. The zero-order chi connectivity index (χ0) is 14.9. The number of aromatic nitrogens is 2. The van der Waals surface area contributed by atoms with E-state index in [9.17, 15) is 0 Å².